The molecule has 2 aromatic carbocycles. The third-order valence-electron chi connectivity index (χ3n) is 7.88. The Morgan fingerprint density at radius 3 is 2.52 bits per heavy atom. The maximum atomic E-state index is 2.59. The number of rotatable bonds is 4. The fourth-order valence-electron chi connectivity index (χ4n) is 6.07. The van der Waals surface area contributed by atoms with Crippen LogP contribution in [0.25, 0.3) is 17.2 Å². The highest BCUT2D eigenvalue weighted by Gasteiger charge is 2.22. The molecule has 0 unspecified atom stereocenters. The van der Waals surface area contributed by atoms with Gasteiger partial charge in [-0.25, -0.2) is 0 Å². The van der Waals surface area contributed by atoms with E-state index in [0.29, 0.717) is 0 Å². The first kappa shape index (κ1) is 19.2. The Morgan fingerprint density at radius 2 is 1.69 bits per heavy atom. The summed E-state index contributed by atoms with van der Waals surface area (Å²) in [7, 11) is 0. The standard InChI is InChI=1S/C29H36/c1-21-13-15-22(16-14-21)17-23-18-26(24-7-3-2-4-8-24)20-27(19-23)29-12-6-10-25-9-5-11-28(25)29/h5-6,10-12,18-22,24H,2-4,7-9,13-17H2,1H3. The number of hydrogen-bond acceptors (Lipinski definition) is 0. The topological polar surface area (TPSA) is 0 Å². The van der Waals surface area contributed by atoms with Crippen LogP contribution in [0.15, 0.2) is 42.5 Å². The minimum absolute atomic E-state index is 0.779. The molecule has 0 saturated heterocycles. The summed E-state index contributed by atoms with van der Waals surface area (Å²) in [6.07, 6.45) is 19.8. The zero-order chi connectivity index (χ0) is 19.6. The van der Waals surface area contributed by atoms with Gasteiger partial charge in [-0.05, 0) is 89.7 Å². The third-order valence-corrected chi connectivity index (χ3v) is 7.88. The van der Waals surface area contributed by atoms with Crippen molar-refractivity contribution in [2.24, 2.45) is 11.8 Å². The monoisotopic (exact) mass is 384 g/mol. The van der Waals surface area contributed by atoms with Gasteiger partial charge >= 0.3 is 0 Å². The van der Waals surface area contributed by atoms with Crippen LogP contribution in [0.5, 0.6) is 0 Å². The van der Waals surface area contributed by atoms with Crippen molar-refractivity contribution in [2.75, 3.05) is 0 Å². The highest BCUT2D eigenvalue weighted by Crippen LogP contribution is 2.39. The summed E-state index contributed by atoms with van der Waals surface area (Å²) < 4.78 is 0. The van der Waals surface area contributed by atoms with Crippen LogP contribution in [0.1, 0.15) is 92.9 Å². The number of hydrogen-bond donors (Lipinski definition) is 0. The predicted molar refractivity (Wildman–Crippen MR) is 125 cm³/mol. The Hall–Kier alpha value is -1.82. The Balaban J connectivity index is 1.50. The summed E-state index contributed by atoms with van der Waals surface area (Å²) in [6, 6.07) is 14.6. The normalized spacial score (nSPS) is 24.6. The molecule has 29 heavy (non-hydrogen) atoms. The van der Waals surface area contributed by atoms with Crippen LogP contribution in [0.4, 0.5) is 0 Å². The van der Waals surface area contributed by atoms with Crippen molar-refractivity contribution in [2.45, 2.75) is 83.5 Å². The maximum Gasteiger partial charge on any atom is -0.00879 e. The van der Waals surface area contributed by atoms with Gasteiger partial charge in [0.15, 0.2) is 0 Å². The molecule has 0 N–H and O–H groups in total. The summed E-state index contributed by atoms with van der Waals surface area (Å²) in [5.41, 5.74) is 9.10. The summed E-state index contributed by atoms with van der Waals surface area (Å²) >= 11 is 0. The molecule has 2 fully saturated rings. The molecule has 0 radical (unpaired) electrons. The molecule has 0 aromatic heterocycles. The van der Waals surface area contributed by atoms with Crippen molar-refractivity contribution in [3.05, 3.63) is 64.7 Å². The van der Waals surface area contributed by atoms with Gasteiger partial charge in [-0.15, -0.1) is 0 Å². The zero-order valence-electron chi connectivity index (χ0n) is 18.1. The van der Waals surface area contributed by atoms with E-state index in [9.17, 15) is 0 Å². The Kier molecular flexibility index (Phi) is 5.62. The fraction of sp³-hybridized carbons (Fsp3) is 0.517. The van der Waals surface area contributed by atoms with Gasteiger partial charge in [-0.2, -0.15) is 0 Å². The highest BCUT2D eigenvalue weighted by molar-refractivity contribution is 5.80. The second-order valence-electron chi connectivity index (χ2n) is 10.1. The lowest BCUT2D eigenvalue weighted by atomic mass is 9.78. The zero-order valence-corrected chi connectivity index (χ0v) is 18.1. The van der Waals surface area contributed by atoms with E-state index in [2.05, 4.69) is 55.5 Å². The van der Waals surface area contributed by atoms with Crippen LogP contribution in [0, 0.1) is 11.8 Å². The molecule has 0 heteroatoms. The Morgan fingerprint density at radius 1 is 0.862 bits per heavy atom. The highest BCUT2D eigenvalue weighted by atomic mass is 14.3. The van der Waals surface area contributed by atoms with E-state index in [4.69, 9.17) is 0 Å². The lowest BCUT2D eigenvalue weighted by molar-refractivity contribution is 0.289. The number of allylic oxidation sites excluding steroid dienone is 1. The van der Waals surface area contributed by atoms with E-state index in [1.54, 1.807) is 11.1 Å². The van der Waals surface area contributed by atoms with Crippen molar-refractivity contribution in [1.29, 1.82) is 0 Å². The summed E-state index contributed by atoms with van der Waals surface area (Å²) in [5.74, 6) is 2.61. The summed E-state index contributed by atoms with van der Waals surface area (Å²) in [4.78, 5) is 0. The largest absolute Gasteiger partial charge is 0.0795 e. The van der Waals surface area contributed by atoms with Gasteiger partial charge in [0.2, 0.25) is 0 Å². The van der Waals surface area contributed by atoms with E-state index < -0.39 is 0 Å². The third kappa shape index (κ3) is 4.23. The summed E-state index contributed by atoms with van der Waals surface area (Å²) in [5, 5.41) is 0. The predicted octanol–water partition coefficient (Wildman–Crippen LogP) is 8.34. The molecule has 0 aliphatic heterocycles. The fourth-order valence-corrected chi connectivity index (χ4v) is 6.07. The quantitative estimate of drug-likeness (QED) is 0.497. The van der Waals surface area contributed by atoms with Gasteiger partial charge in [0.1, 0.15) is 0 Å². The first-order valence-electron chi connectivity index (χ1n) is 12.2. The molecule has 152 valence electrons. The van der Waals surface area contributed by atoms with Crippen LogP contribution < -0.4 is 0 Å². The number of benzene rings is 2. The Labute approximate surface area is 177 Å². The minimum Gasteiger partial charge on any atom is -0.0795 e. The van der Waals surface area contributed by atoms with Crippen molar-refractivity contribution >= 4 is 6.08 Å². The van der Waals surface area contributed by atoms with Crippen LogP contribution in [-0.4, -0.2) is 0 Å². The van der Waals surface area contributed by atoms with Crippen LogP contribution in [-0.2, 0) is 12.8 Å². The van der Waals surface area contributed by atoms with Crippen molar-refractivity contribution in [3.8, 4) is 11.1 Å². The molecule has 0 nitrogen and oxygen atoms in total. The van der Waals surface area contributed by atoms with Crippen LogP contribution >= 0.6 is 0 Å². The second kappa shape index (κ2) is 8.50. The first-order chi connectivity index (χ1) is 14.3. The molecule has 3 aliphatic carbocycles. The van der Waals surface area contributed by atoms with E-state index in [1.807, 2.05) is 0 Å². The SMILES string of the molecule is CC1CCC(Cc2cc(-c3cccc4c3C=CC4)cc(C3CCCCC3)c2)CC1. The van der Waals surface area contributed by atoms with Gasteiger partial charge < -0.3 is 0 Å². The minimum atomic E-state index is 0.779. The average molecular weight is 385 g/mol. The van der Waals surface area contributed by atoms with Crippen molar-refractivity contribution < 1.29 is 0 Å². The lowest BCUT2D eigenvalue weighted by Gasteiger charge is -2.27. The maximum absolute atomic E-state index is 2.59. The van der Waals surface area contributed by atoms with Crippen molar-refractivity contribution in [1.82, 2.24) is 0 Å². The van der Waals surface area contributed by atoms with Gasteiger partial charge in [-0.1, -0.05) is 87.6 Å². The van der Waals surface area contributed by atoms with Gasteiger partial charge in [-0.3, -0.25) is 0 Å². The average Bonchev–Trinajstić information content (AvgIpc) is 3.25. The van der Waals surface area contributed by atoms with Gasteiger partial charge in [0.05, 0.1) is 0 Å². The first-order valence-corrected chi connectivity index (χ1v) is 12.2. The van der Waals surface area contributed by atoms with E-state index in [0.717, 1.165) is 24.2 Å². The molecule has 0 heterocycles. The molecule has 5 rings (SSSR count). The molecule has 0 amide bonds. The lowest BCUT2D eigenvalue weighted by Crippen LogP contribution is -2.15. The Bertz CT molecular complexity index is 873. The van der Waals surface area contributed by atoms with Gasteiger partial charge in [0, 0.05) is 0 Å². The number of fused-ring (bicyclic) bond motifs is 1. The molecule has 0 spiro atoms. The molecular weight excluding hydrogens is 348 g/mol. The molecule has 2 saturated carbocycles. The van der Waals surface area contributed by atoms with Crippen molar-refractivity contribution in [3.63, 3.8) is 0 Å². The van der Waals surface area contributed by atoms with E-state index >= 15 is 0 Å². The molecule has 0 atom stereocenters. The molecular formula is C29H36. The second-order valence-corrected chi connectivity index (χ2v) is 10.1. The molecule has 3 aliphatic rings. The smallest absolute Gasteiger partial charge is 0.00879 e. The molecule has 0 bridgehead atoms. The summed E-state index contributed by atoms with van der Waals surface area (Å²) in [6.45, 7) is 2.43. The van der Waals surface area contributed by atoms with E-state index in [1.165, 1.54) is 86.5 Å². The molecule has 2 aromatic rings. The van der Waals surface area contributed by atoms with E-state index in [-0.39, 0.29) is 0 Å². The van der Waals surface area contributed by atoms with Crippen LogP contribution in [0.2, 0.25) is 0 Å². The van der Waals surface area contributed by atoms with Gasteiger partial charge in [0.25, 0.3) is 0 Å². The van der Waals surface area contributed by atoms with Crippen LogP contribution in [0.3, 0.4) is 0 Å².